The Kier molecular flexibility index (Phi) is 11.1. The molecule has 4 rings (SSSR count). The number of aliphatic hydroxyl groups excluding tert-OH is 1. The number of likely N-dealkylation sites (tertiary alicyclic amines) is 1. The number of thiazole rings is 1. The number of ether oxygens (including phenoxy) is 2. The van der Waals surface area contributed by atoms with E-state index in [0.29, 0.717) is 37.0 Å². The van der Waals surface area contributed by atoms with Gasteiger partial charge in [-0.05, 0) is 38.4 Å². The first-order chi connectivity index (χ1) is 20.2. The third-order valence-corrected chi connectivity index (χ3v) is 8.24. The van der Waals surface area contributed by atoms with Gasteiger partial charge < -0.3 is 34.6 Å². The number of aromatic nitrogens is 2. The first-order valence-corrected chi connectivity index (χ1v) is 15.2. The Hall–Kier alpha value is -3.32. The highest BCUT2D eigenvalue weighted by Gasteiger charge is 2.43. The number of hydrogen-bond donors (Lipinski definition) is 3. The number of carbonyl (C=O) groups is 2. The van der Waals surface area contributed by atoms with E-state index in [2.05, 4.69) is 20.8 Å². The largest absolute Gasteiger partial charge is 0.491 e. The van der Waals surface area contributed by atoms with Crippen LogP contribution in [0.25, 0.3) is 10.4 Å². The Bertz CT molecular complexity index is 1340. The van der Waals surface area contributed by atoms with Crippen LogP contribution in [-0.2, 0) is 20.9 Å². The van der Waals surface area contributed by atoms with Gasteiger partial charge in [-0.15, -0.1) is 11.3 Å². The molecular weight excluding hydrogens is 558 g/mol. The van der Waals surface area contributed by atoms with Crippen molar-refractivity contribution in [2.75, 3.05) is 40.0 Å². The Morgan fingerprint density at radius 3 is 2.69 bits per heavy atom. The molecule has 42 heavy (non-hydrogen) atoms. The molecule has 2 aromatic heterocycles. The lowest BCUT2D eigenvalue weighted by atomic mass is 9.91. The number of carbonyl (C=O) groups excluding carboxylic acids is 2. The molecule has 0 aliphatic carbocycles. The van der Waals surface area contributed by atoms with Gasteiger partial charge in [-0.3, -0.25) is 9.59 Å². The minimum atomic E-state index is -0.804. The zero-order valence-electron chi connectivity index (χ0n) is 24.9. The highest BCUT2D eigenvalue weighted by atomic mass is 32.1. The molecule has 12 heteroatoms. The maximum Gasteiger partial charge on any atom is 0.243 e. The quantitative estimate of drug-likeness (QED) is 0.239. The summed E-state index contributed by atoms with van der Waals surface area (Å²) in [7, 11) is 1.87. The molecule has 3 aromatic rings. The second kappa shape index (κ2) is 14.7. The van der Waals surface area contributed by atoms with Gasteiger partial charge in [-0.2, -0.15) is 0 Å². The van der Waals surface area contributed by atoms with E-state index in [-0.39, 0.29) is 37.2 Å². The third kappa shape index (κ3) is 7.74. The molecule has 3 N–H and O–H groups in total. The summed E-state index contributed by atoms with van der Waals surface area (Å²) in [5.74, 6) is -0.193. The molecule has 0 radical (unpaired) electrons. The molecule has 228 valence electrons. The summed E-state index contributed by atoms with van der Waals surface area (Å²) < 4.78 is 17.1. The van der Waals surface area contributed by atoms with E-state index in [1.165, 1.54) is 4.90 Å². The number of rotatable bonds is 14. The topological polar surface area (TPSA) is 139 Å². The predicted octanol–water partition coefficient (Wildman–Crippen LogP) is 3.05. The average Bonchev–Trinajstić information content (AvgIpc) is 3.69. The molecule has 0 saturated carbocycles. The van der Waals surface area contributed by atoms with Crippen LogP contribution in [0.1, 0.15) is 48.9 Å². The Morgan fingerprint density at radius 2 is 2.02 bits per heavy atom. The van der Waals surface area contributed by atoms with Crippen molar-refractivity contribution in [3.05, 3.63) is 52.5 Å². The van der Waals surface area contributed by atoms with Crippen LogP contribution in [-0.4, -0.2) is 84.1 Å². The fourth-order valence-electron chi connectivity index (χ4n) is 5.09. The molecule has 0 spiro atoms. The number of aliphatic hydroxyl groups is 1. The second-order valence-electron chi connectivity index (χ2n) is 10.9. The lowest BCUT2D eigenvalue weighted by Crippen LogP contribution is -2.48. The van der Waals surface area contributed by atoms with Gasteiger partial charge in [0.1, 0.15) is 30.1 Å². The summed E-state index contributed by atoms with van der Waals surface area (Å²) in [5, 5.41) is 20.4. The summed E-state index contributed by atoms with van der Waals surface area (Å²) >= 11 is 1.56. The van der Waals surface area contributed by atoms with Gasteiger partial charge in [0.2, 0.25) is 11.8 Å². The van der Waals surface area contributed by atoms with Crippen LogP contribution >= 0.6 is 11.3 Å². The first kappa shape index (κ1) is 31.6. The Balaban J connectivity index is 1.47. The van der Waals surface area contributed by atoms with E-state index in [1.54, 1.807) is 24.3 Å². The molecule has 1 aliphatic rings. The van der Waals surface area contributed by atoms with Gasteiger partial charge in [0.25, 0.3) is 0 Å². The SMILES string of the molecule is CNCCOCCOc1cc(-c2scnc2C)ccc1CNC(=O)[C@@H]1C[C@@H](O)CN1C(=O)C(c1cc(C)no1)C(C)C. The maximum atomic E-state index is 13.7. The highest BCUT2D eigenvalue weighted by molar-refractivity contribution is 7.13. The number of hydrogen-bond acceptors (Lipinski definition) is 10. The summed E-state index contributed by atoms with van der Waals surface area (Å²) in [6.45, 7) is 10.00. The third-order valence-electron chi connectivity index (χ3n) is 7.26. The van der Waals surface area contributed by atoms with E-state index in [4.69, 9.17) is 14.0 Å². The molecular formula is C30H41N5O6S. The van der Waals surface area contributed by atoms with Gasteiger partial charge in [0, 0.05) is 37.7 Å². The first-order valence-electron chi connectivity index (χ1n) is 14.3. The van der Waals surface area contributed by atoms with Crippen molar-refractivity contribution in [2.24, 2.45) is 5.92 Å². The van der Waals surface area contributed by atoms with Crippen LogP contribution in [0.2, 0.25) is 0 Å². The number of aryl methyl sites for hydroxylation is 2. The van der Waals surface area contributed by atoms with Gasteiger partial charge in [0.05, 0.1) is 41.1 Å². The standard InChI is InChI=1S/C30H41N5O6S/c1-18(2)27(26-12-19(3)34-41-26)30(38)35-16-23(36)14-24(35)29(37)32-15-22-7-6-21(28-20(4)33-17-42-28)13-25(22)40-11-10-39-9-8-31-5/h6-7,12-13,17-18,23-24,27,31,36H,8-11,14-16H2,1-5H3,(H,32,37)/t23-,24+,27?/m1/s1. The fraction of sp³-hybridized carbons (Fsp3) is 0.533. The van der Waals surface area contributed by atoms with Crippen molar-refractivity contribution in [1.29, 1.82) is 0 Å². The average molecular weight is 600 g/mol. The van der Waals surface area contributed by atoms with E-state index in [9.17, 15) is 14.7 Å². The van der Waals surface area contributed by atoms with Crippen molar-refractivity contribution in [3.8, 4) is 16.2 Å². The molecule has 1 aliphatic heterocycles. The number of nitrogens with zero attached hydrogens (tertiary/aromatic N) is 3. The molecule has 1 aromatic carbocycles. The van der Waals surface area contributed by atoms with Crippen LogP contribution in [0.5, 0.6) is 5.75 Å². The van der Waals surface area contributed by atoms with E-state index in [0.717, 1.165) is 28.2 Å². The van der Waals surface area contributed by atoms with Crippen LogP contribution < -0.4 is 15.4 Å². The molecule has 11 nitrogen and oxygen atoms in total. The number of benzene rings is 1. The minimum absolute atomic E-state index is 0.0814. The van der Waals surface area contributed by atoms with E-state index >= 15 is 0 Å². The molecule has 3 atom stereocenters. The smallest absolute Gasteiger partial charge is 0.243 e. The Labute approximate surface area is 250 Å². The molecule has 1 saturated heterocycles. The normalized spacial score (nSPS) is 17.5. The van der Waals surface area contributed by atoms with Crippen LogP contribution in [0.3, 0.4) is 0 Å². The Morgan fingerprint density at radius 1 is 1.21 bits per heavy atom. The van der Waals surface area contributed by atoms with Gasteiger partial charge in [-0.25, -0.2) is 4.98 Å². The molecule has 2 amide bonds. The number of nitrogens with one attached hydrogen (secondary N) is 2. The lowest BCUT2D eigenvalue weighted by molar-refractivity contribution is -0.141. The predicted molar refractivity (Wildman–Crippen MR) is 159 cm³/mol. The minimum Gasteiger partial charge on any atom is -0.491 e. The van der Waals surface area contributed by atoms with Crippen molar-refractivity contribution in [1.82, 2.24) is 25.7 Å². The summed E-state index contributed by atoms with van der Waals surface area (Å²) in [6.07, 6.45) is -0.632. The van der Waals surface area contributed by atoms with Crippen molar-refractivity contribution >= 4 is 23.2 Å². The summed E-state index contributed by atoms with van der Waals surface area (Å²) in [4.78, 5) is 34.0. The fourth-order valence-corrected chi connectivity index (χ4v) is 5.89. The zero-order chi connectivity index (χ0) is 30.2. The monoisotopic (exact) mass is 599 g/mol. The molecule has 1 fully saturated rings. The zero-order valence-corrected chi connectivity index (χ0v) is 25.7. The highest BCUT2D eigenvalue weighted by Crippen LogP contribution is 2.33. The molecule has 0 bridgehead atoms. The lowest BCUT2D eigenvalue weighted by Gasteiger charge is -2.28. The molecule has 1 unspecified atom stereocenters. The van der Waals surface area contributed by atoms with Crippen LogP contribution in [0.4, 0.5) is 0 Å². The molecule has 3 heterocycles. The van der Waals surface area contributed by atoms with E-state index in [1.807, 2.05) is 51.5 Å². The van der Waals surface area contributed by atoms with Crippen molar-refractivity contribution < 1.29 is 28.7 Å². The van der Waals surface area contributed by atoms with Gasteiger partial charge >= 0.3 is 0 Å². The van der Waals surface area contributed by atoms with Gasteiger partial charge in [-0.1, -0.05) is 31.1 Å². The number of β-amino-alcohol motifs (C(OH)–C–C–N with tert-alkyl or cyclic N) is 1. The second-order valence-corrected chi connectivity index (χ2v) is 11.7. The van der Waals surface area contributed by atoms with Crippen LogP contribution in [0, 0.1) is 19.8 Å². The maximum absolute atomic E-state index is 13.7. The number of amides is 2. The van der Waals surface area contributed by atoms with Crippen LogP contribution in [0.15, 0.2) is 34.3 Å². The van der Waals surface area contributed by atoms with Crippen molar-refractivity contribution in [3.63, 3.8) is 0 Å². The summed E-state index contributed by atoms with van der Waals surface area (Å²) in [5.41, 5.74) is 5.20. The van der Waals surface area contributed by atoms with Crippen molar-refractivity contribution in [2.45, 2.75) is 58.7 Å². The van der Waals surface area contributed by atoms with Gasteiger partial charge in [0.15, 0.2) is 0 Å². The number of likely N-dealkylation sites (N-methyl/N-ethyl adjacent to an activating group) is 1. The summed E-state index contributed by atoms with van der Waals surface area (Å²) in [6, 6.07) is 6.81. The van der Waals surface area contributed by atoms with E-state index < -0.39 is 18.1 Å².